The number of rotatable bonds is 7. The highest BCUT2D eigenvalue weighted by Crippen LogP contribution is 2.40. The van der Waals surface area contributed by atoms with Crippen molar-refractivity contribution >= 4 is 0 Å². The first-order valence-corrected chi connectivity index (χ1v) is 10.1. The highest BCUT2D eigenvalue weighted by atomic mass is 16.5. The summed E-state index contributed by atoms with van der Waals surface area (Å²) < 4.78 is 5.77. The molecule has 0 heterocycles. The fraction of sp³-hybridized carbons (Fsp3) is 0.727. The van der Waals surface area contributed by atoms with Gasteiger partial charge in [-0.1, -0.05) is 32.0 Å². The molecule has 2 aliphatic carbocycles. The molecule has 25 heavy (non-hydrogen) atoms. The van der Waals surface area contributed by atoms with Crippen LogP contribution in [0, 0.1) is 11.8 Å². The van der Waals surface area contributed by atoms with Crippen molar-refractivity contribution in [1.82, 2.24) is 0 Å². The Morgan fingerprint density at radius 3 is 2.84 bits per heavy atom. The van der Waals surface area contributed by atoms with Crippen LogP contribution in [-0.4, -0.2) is 30.5 Å². The number of fused-ring (bicyclic) bond motifs is 1. The molecule has 0 saturated heterocycles. The summed E-state index contributed by atoms with van der Waals surface area (Å²) in [6.45, 7) is 6.29. The van der Waals surface area contributed by atoms with Crippen molar-refractivity contribution in [2.75, 3.05) is 19.8 Å². The lowest BCUT2D eigenvalue weighted by Gasteiger charge is -2.26. The van der Waals surface area contributed by atoms with Crippen LogP contribution >= 0.6 is 0 Å². The minimum Gasteiger partial charge on any atom is -0.394 e. The molecular weight excluding hydrogens is 310 g/mol. The quantitative estimate of drug-likeness (QED) is 0.739. The molecule has 0 unspecified atom stereocenters. The zero-order valence-corrected chi connectivity index (χ0v) is 16.0. The van der Waals surface area contributed by atoms with Crippen LogP contribution < -0.4 is 5.73 Å². The van der Waals surface area contributed by atoms with Gasteiger partial charge in [-0.25, -0.2) is 0 Å². The third kappa shape index (κ3) is 4.84. The molecule has 1 aromatic carbocycles. The van der Waals surface area contributed by atoms with Crippen molar-refractivity contribution in [2.24, 2.45) is 17.6 Å². The molecule has 0 aliphatic heterocycles. The largest absolute Gasteiger partial charge is 0.394 e. The monoisotopic (exact) mass is 345 g/mol. The lowest BCUT2D eigenvalue weighted by molar-refractivity contribution is 0.0962. The van der Waals surface area contributed by atoms with E-state index in [1.807, 2.05) is 0 Å². The molecule has 3 nitrogen and oxygen atoms in total. The van der Waals surface area contributed by atoms with E-state index in [9.17, 15) is 5.11 Å². The lowest BCUT2D eigenvalue weighted by Crippen LogP contribution is -2.40. The van der Waals surface area contributed by atoms with E-state index in [1.165, 1.54) is 42.4 Å². The smallest absolute Gasteiger partial charge is 0.0611 e. The SMILES string of the molecule is CC(C)COCC[C@H]1CCc2cc([C@H]3CC[C@@](N)(CO)C3)ccc2C1. The molecule has 0 bridgehead atoms. The molecule has 3 rings (SSSR count). The first kappa shape index (κ1) is 18.9. The Hall–Kier alpha value is -0.900. The summed E-state index contributed by atoms with van der Waals surface area (Å²) in [5.41, 5.74) is 10.4. The van der Waals surface area contributed by atoms with Crippen molar-refractivity contribution in [1.29, 1.82) is 0 Å². The Kier molecular flexibility index (Phi) is 6.19. The van der Waals surface area contributed by atoms with E-state index in [0.29, 0.717) is 11.8 Å². The molecule has 3 heteroatoms. The first-order chi connectivity index (χ1) is 12.0. The Morgan fingerprint density at radius 2 is 2.12 bits per heavy atom. The summed E-state index contributed by atoms with van der Waals surface area (Å²) >= 11 is 0. The van der Waals surface area contributed by atoms with Crippen LogP contribution in [0.2, 0.25) is 0 Å². The minimum absolute atomic E-state index is 0.106. The zero-order chi connectivity index (χ0) is 17.9. The fourth-order valence-corrected chi connectivity index (χ4v) is 4.50. The maximum atomic E-state index is 9.49. The Bertz CT molecular complexity index is 571. The number of aliphatic hydroxyl groups excluding tert-OH is 1. The number of aliphatic hydroxyl groups is 1. The van der Waals surface area contributed by atoms with Gasteiger partial charge in [0.1, 0.15) is 0 Å². The highest BCUT2D eigenvalue weighted by Gasteiger charge is 2.36. The van der Waals surface area contributed by atoms with Gasteiger partial charge in [0.05, 0.1) is 6.61 Å². The number of hydrogen-bond donors (Lipinski definition) is 2. The maximum absolute atomic E-state index is 9.49. The molecule has 0 amide bonds. The van der Waals surface area contributed by atoms with Crippen LogP contribution in [0.15, 0.2) is 18.2 Å². The van der Waals surface area contributed by atoms with E-state index in [4.69, 9.17) is 10.5 Å². The van der Waals surface area contributed by atoms with Crippen LogP contribution in [-0.2, 0) is 17.6 Å². The summed E-state index contributed by atoms with van der Waals surface area (Å²) in [6.07, 6.45) is 7.81. The maximum Gasteiger partial charge on any atom is 0.0611 e. The average molecular weight is 346 g/mol. The van der Waals surface area contributed by atoms with Crippen molar-refractivity contribution in [3.8, 4) is 0 Å². The van der Waals surface area contributed by atoms with Gasteiger partial charge in [0, 0.05) is 18.8 Å². The van der Waals surface area contributed by atoms with Crippen molar-refractivity contribution < 1.29 is 9.84 Å². The Balaban J connectivity index is 1.55. The van der Waals surface area contributed by atoms with Gasteiger partial charge in [-0.2, -0.15) is 0 Å². The van der Waals surface area contributed by atoms with Gasteiger partial charge >= 0.3 is 0 Å². The van der Waals surface area contributed by atoms with Gasteiger partial charge in [0.25, 0.3) is 0 Å². The third-order valence-electron chi connectivity index (χ3n) is 6.11. The second-order valence-corrected chi connectivity index (χ2v) is 8.85. The van der Waals surface area contributed by atoms with Crippen LogP contribution in [0.1, 0.15) is 68.6 Å². The predicted octanol–water partition coefficient (Wildman–Crippen LogP) is 3.81. The van der Waals surface area contributed by atoms with E-state index in [-0.39, 0.29) is 12.1 Å². The summed E-state index contributed by atoms with van der Waals surface area (Å²) in [5, 5.41) is 9.49. The number of aryl methyl sites for hydroxylation is 1. The molecular formula is C22H35NO2. The van der Waals surface area contributed by atoms with Crippen LogP contribution in [0.4, 0.5) is 0 Å². The molecule has 3 atom stereocenters. The van der Waals surface area contributed by atoms with E-state index in [0.717, 1.165) is 38.4 Å². The number of nitrogens with two attached hydrogens (primary N) is 1. The lowest BCUT2D eigenvalue weighted by atomic mass is 9.80. The van der Waals surface area contributed by atoms with E-state index < -0.39 is 0 Å². The second-order valence-electron chi connectivity index (χ2n) is 8.85. The highest BCUT2D eigenvalue weighted by molar-refractivity contribution is 5.36. The number of hydrogen-bond acceptors (Lipinski definition) is 3. The van der Waals surface area contributed by atoms with Crippen molar-refractivity contribution in [2.45, 2.75) is 70.3 Å². The predicted molar refractivity (Wildman–Crippen MR) is 103 cm³/mol. The van der Waals surface area contributed by atoms with Gasteiger partial charge in [-0.3, -0.25) is 0 Å². The molecule has 1 aromatic rings. The molecule has 0 spiro atoms. The minimum atomic E-state index is -0.359. The zero-order valence-electron chi connectivity index (χ0n) is 16.0. The van der Waals surface area contributed by atoms with Gasteiger partial charge in [-0.05, 0) is 79.4 Å². The summed E-state index contributed by atoms with van der Waals surface area (Å²) in [4.78, 5) is 0. The van der Waals surface area contributed by atoms with Crippen molar-refractivity contribution in [3.05, 3.63) is 34.9 Å². The fourth-order valence-electron chi connectivity index (χ4n) is 4.50. The summed E-state index contributed by atoms with van der Waals surface area (Å²) in [7, 11) is 0. The van der Waals surface area contributed by atoms with Crippen LogP contribution in [0.3, 0.4) is 0 Å². The molecule has 1 saturated carbocycles. The normalized spacial score (nSPS) is 29.2. The molecule has 3 N–H and O–H groups in total. The average Bonchev–Trinajstić information content (AvgIpc) is 3.01. The molecule has 1 fully saturated rings. The number of benzene rings is 1. The number of ether oxygens (including phenoxy) is 1. The van der Waals surface area contributed by atoms with E-state index >= 15 is 0 Å². The van der Waals surface area contributed by atoms with E-state index in [2.05, 4.69) is 32.0 Å². The van der Waals surface area contributed by atoms with Gasteiger partial charge in [-0.15, -0.1) is 0 Å². The standard InChI is InChI=1S/C22H35NO2/c1-16(2)14-25-10-8-17-3-4-19-12-20(6-5-18(19)11-17)21-7-9-22(23,13-21)15-24/h5-6,12,16-17,21,24H,3-4,7-11,13-15,23H2,1-2H3/t17-,21+,22+/m1/s1. The van der Waals surface area contributed by atoms with Crippen LogP contribution in [0.25, 0.3) is 0 Å². The molecule has 0 radical (unpaired) electrons. The Labute approximate surface area is 153 Å². The van der Waals surface area contributed by atoms with Crippen LogP contribution in [0.5, 0.6) is 0 Å². The molecule has 2 aliphatic rings. The molecule has 0 aromatic heterocycles. The van der Waals surface area contributed by atoms with Gasteiger partial charge in [0.15, 0.2) is 0 Å². The summed E-state index contributed by atoms with van der Waals surface area (Å²) in [5.74, 6) is 1.91. The van der Waals surface area contributed by atoms with E-state index in [1.54, 1.807) is 0 Å². The third-order valence-corrected chi connectivity index (χ3v) is 6.11. The van der Waals surface area contributed by atoms with Gasteiger partial charge in [0.2, 0.25) is 0 Å². The second kappa shape index (κ2) is 8.20. The Morgan fingerprint density at radius 1 is 1.28 bits per heavy atom. The first-order valence-electron chi connectivity index (χ1n) is 10.1. The summed E-state index contributed by atoms with van der Waals surface area (Å²) in [6, 6.07) is 7.08. The topological polar surface area (TPSA) is 55.5 Å². The molecule has 140 valence electrons. The van der Waals surface area contributed by atoms with Gasteiger partial charge < -0.3 is 15.6 Å². The van der Waals surface area contributed by atoms with Crippen molar-refractivity contribution in [3.63, 3.8) is 0 Å².